The number of halogens is 2. The van der Waals surface area contributed by atoms with Gasteiger partial charge in [0.15, 0.2) is 5.76 Å². The van der Waals surface area contributed by atoms with Crippen LogP contribution >= 0.6 is 23.2 Å². The summed E-state index contributed by atoms with van der Waals surface area (Å²) in [4.78, 5) is 18.2. The lowest BCUT2D eigenvalue weighted by Crippen LogP contribution is -2.32. The highest BCUT2D eigenvalue weighted by Gasteiger charge is 2.09. The van der Waals surface area contributed by atoms with Crippen LogP contribution in [-0.4, -0.2) is 49.1 Å². The number of amides is 1. The van der Waals surface area contributed by atoms with Crippen LogP contribution in [0.15, 0.2) is 36.1 Å². The zero-order valence-corrected chi connectivity index (χ0v) is 20.9. The molecule has 0 radical (unpaired) electrons. The van der Waals surface area contributed by atoms with Gasteiger partial charge < -0.3 is 19.9 Å². The van der Waals surface area contributed by atoms with Gasteiger partial charge in [-0.05, 0) is 69.2 Å². The number of ether oxygens (including phenoxy) is 1. The molecule has 0 bridgehead atoms. The van der Waals surface area contributed by atoms with Crippen molar-refractivity contribution in [1.82, 2.24) is 15.2 Å². The van der Waals surface area contributed by atoms with Gasteiger partial charge in [-0.2, -0.15) is 0 Å². The van der Waals surface area contributed by atoms with Crippen LogP contribution in [-0.2, 0) is 9.53 Å². The highest BCUT2D eigenvalue weighted by Crippen LogP contribution is 2.28. The standard InChI is InChI=1S/C25H35Cl2N3O2/c1-4-6-13-30(14-7-5-2)15-9-12-28-25(31)24(32-3)11-8-10-20-16-19-17-21(26)22(27)18-23(19)29-20/h8,10-11,16-18,29H,4-7,9,12-15H2,1-3H3,(H,28,31)/b10-8+,24-11-. The van der Waals surface area contributed by atoms with Crippen molar-refractivity contribution in [3.63, 3.8) is 0 Å². The van der Waals surface area contributed by atoms with Crippen molar-refractivity contribution >= 4 is 46.1 Å². The number of aromatic nitrogens is 1. The summed E-state index contributed by atoms with van der Waals surface area (Å²) in [5.41, 5.74) is 1.78. The molecule has 5 nitrogen and oxygen atoms in total. The summed E-state index contributed by atoms with van der Waals surface area (Å²) in [7, 11) is 1.50. The van der Waals surface area contributed by atoms with Gasteiger partial charge in [-0.15, -0.1) is 0 Å². The molecule has 176 valence electrons. The van der Waals surface area contributed by atoms with E-state index in [9.17, 15) is 4.79 Å². The topological polar surface area (TPSA) is 57.4 Å². The van der Waals surface area contributed by atoms with Gasteiger partial charge in [-0.3, -0.25) is 4.79 Å². The van der Waals surface area contributed by atoms with Gasteiger partial charge in [0.05, 0.1) is 17.2 Å². The number of allylic oxidation sites excluding steroid dienone is 2. The van der Waals surface area contributed by atoms with Crippen molar-refractivity contribution in [2.45, 2.75) is 46.0 Å². The van der Waals surface area contributed by atoms with Crippen LogP contribution < -0.4 is 5.32 Å². The fraction of sp³-hybridized carbons (Fsp3) is 0.480. The Hall–Kier alpha value is -1.95. The molecule has 0 atom stereocenters. The second-order valence-electron chi connectivity index (χ2n) is 7.83. The van der Waals surface area contributed by atoms with E-state index in [4.69, 9.17) is 27.9 Å². The lowest BCUT2D eigenvalue weighted by Gasteiger charge is -2.21. The smallest absolute Gasteiger partial charge is 0.286 e. The highest BCUT2D eigenvalue weighted by atomic mass is 35.5. The third-order valence-electron chi connectivity index (χ3n) is 5.24. The Morgan fingerprint density at radius 3 is 2.38 bits per heavy atom. The maximum atomic E-state index is 12.4. The minimum atomic E-state index is -0.207. The van der Waals surface area contributed by atoms with Crippen molar-refractivity contribution < 1.29 is 9.53 Å². The predicted molar refractivity (Wildman–Crippen MR) is 136 cm³/mol. The number of carbonyl (C=O) groups excluding carboxylic acids is 1. The lowest BCUT2D eigenvalue weighted by atomic mass is 10.2. The number of rotatable bonds is 14. The summed E-state index contributed by atoms with van der Waals surface area (Å²) < 4.78 is 5.27. The normalized spacial score (nSPS) is 12.2. The first kappa shape index (κ1) is 26.3. The number of benzene rings is 1. The summed E-state index contributed by atoms with van der Waals surface area (Å²) in [6.45, 7) is 8.32. The van der Waals surface area contributed by atoms with Gasteiger partial charge in [-0.25, -0.2) is 0 Å². The first-order valence-corrected chi connectivity index (χ1v) is 12.1. The van der Waals surface area contributed by atoms with Gasteiger partial charge in [0.2, 0.25) is 0 Å². The molecule has 0 aliphatic rings. The maximum Gasteiger partial charge on any atom is 0.286 e. The molecular formula is C25H35Cl2N3O2. The van der Waals surface area contributed by atoms with E-state index in [0.717, 1.165) is 42.7 Å². The molecule has 0 spiro atoms. The average Bonchev–Trinajstić information content (AvgIpc) is 3.16. The molecule has 1 aromatic carbocycles. The lowest BCUT2D eigenvalue weighted by molar-refractivity contribution is -0.120. The number of H-pyrrole nitrogens is 1. The molecule has 32 heavy (non-hydrogen) atoms. The first-order valence-electron chi connectivity index (χ1n) is 11.4. The van der Waals surface area contributed by atoms with Crippen LogP contribution in [0.3, 0.4) is 0 Å². The zero-order chi connectivity index (χ0) is 23.3. The number of nitrogens with zero attached hydrogens (tertiary/aromatic N) is 1. The Kier molecular flexibility index (Phi) is 11.7. The van der Waals surface area contributed by atoms with E-state index in [0.29, 0.717) is 16.6 Å². The monoisotopic (exact) mass is 479 g/mol. The molecule has 0 aliphatic carbocycles. The maximum absolute atomic E-state index is 12.4. The van der Waals surface area contributed by atoms with Gasteiger partial charge >= 0.3 is 0 Å². The van der Waals surface area contributed by atoms with Crippen molar-refractivity contribution in [2.24, 2.45) is 0 Å². The fourth-order valence-electron chi connectivity index (χ4n) is 3.40. The number of aromatic amines is 1. The molecule has 1 heterocycles. The number of carbonyl (C=O) groups is 1. The van der Waals surface area contributed by atoms with Crippen LogP contribution in [0.4, 0.5) is 0 Å². The largest absolute Gasteiger partial charge is 0.491 e. The Balaban J connectivity index is 1.86. The fourth-order valence-corrected chi connectivity index (χ4v) is 3.74. The minimum absolute atomic E-state index is 0.207. The van der Waals surface area contributed by atoms with Crippen LogP contribution in [0, 0.1) is 0 Å². The number of methoxy groups -OCH3 is 1. The molecule has 0 aliphatic heterocycles. The summed E-state index contributed by atoms with van der Waals surface area (Å²) >= 11 is 12.1. The van der Waals surface area contributed by atoms with Crippen LogP contribution in [0.25, 0.3) is 17.0 Å². The van der Waals surface area contributed by atoms with E-state index in [1.54, 1.807) is 18.2 Å². The van der Waals surface area contributed by atoms with Crippen LogP contribution in [0.1, 0.15) is 51.6 Å². The van der Waals surface area contributed by atoms with E-state index in [1.807, 2.05) is 18.2 Å². The molecule has 7 heteroatoms. The van der Waals surface area contributed by atoms with E-state index in [-0.39, 0.29) is 11.7 Å². The summed E-state index contributed by atoms with van der Waals surface area (Å²) in [6, 6.07) is 5.59. The zero-order valence-electron chi connectivity index (χ0n) is 19.3. The van der Waals surface area contributed by atoms with E-state index >= 15 is 0 Å². The molecule has 2 aromatic rings. The Bertz CT molecular complexity index is 874. The number of unbranched alkanes of at least 4 members (excludes halogenated alkanes) is 2. The highest BCUT2D eigenvalue weighted by molar-refractivity contribution is 6.42. The first-order chi connectivity index (χ1) is 15.5. The molecule has 0 unspecified atom stereocenters. The van der Waals surface area contributed by atoms with Gasteiger partial charge in [0.1, 0.15) is 0 Å². The Labute approximate surface area is 201 Å². The molecule has 0 saturated heterocycles. The third-order valence-corrected chi connectivity index (χ3v) is 5.96. The van der Waals surface area contributed by atoms with E-state index in [1.165, 1.54) is 32.8 Å². The molecule has 0 saturated carbocycles. The molecular weight excluding hydrogens is 445 g/mol. The summed E-state index contributed by atoms with van der Waals surface area (Å²) in [6.07, 6.45) is 11.1. The Morgan fingerprint density at radius 1 is 1.06 bits per heavy atom. The van der Waals surface area contributed by atoms with E-state index in [2.05, 4.69) is 29.0 Å². The molecule has 1 amide bonds. The minimum Gasteiger partial charge on any atom is -0.491 e. The number of fused-ring (bicyclic) bond motifs is 1. The molecule has 2 N–H and O–H groups in total. The second kappa shape index (κ2) is 14.2. The van der Waals surface area contributed by atoms with Crippen molar-refractivity contribution in [3.05, 3.63) is 51.8 Å². The number of hydrogen-bond acceptors (Lipinski definition) is 3. The van der Waals surface area contributed by atoms with Gasteiger partial charge in [-0.1, -0.05) is 56.0 Å². The van der Waals surface area contributed by atoms with Crippen molar-refractivity contribution in [3.8, 4) is 0 Å². The average molecular weight is 480 g/mol. The quantitative estimate of drug-likeness (QED) is 0.142. The van der Waals surface area contributed by atoms with Crippen molar-refractivity contribution in [1.29, 1.82) is 0 Å². The molecule has 0 fully saturated rings. The van der Waals surface area contributed by atoms with Crippen molar-refractivity contribution in [2.75, 3.05) is 33.3 Å². The second-order valence-corrected chi connectivity index (χ2v) is 8.65. The SMILES string of the molecule is CCCCN(CCCC)CCCNC(=O)/C(=C/C=C/c1cc2cc(Cl)c(Cl)cc2[nH]1)OC. The Morgan fingerprint density at radius 2 is 1.72 bits per heavy atom. The summed E-state index contributed by atoms with van der Waals surface area (Å²) in [5.74, 6) is 0.0679. The summed E-state index contributed by atoms with van der Waals surface area (Å²) in [5, 5.41) is 4.95. The van der Waals surface area contributed by atoms with Crippen LogP contribution in [0.5, 0.6) is 0 Å². The van der Waals surface area contributed by atoms with Crippen LogP contribution in [0.2, 0.25) is 10.0 Å². The van der Waals surface area contributed by atoms with Gasteiger partial charge in [0, 0.05) is 23.1 Å². The molecule has 2 rings (SSSR count). The molecule has 1 aromatic heterocycles. The van der Waals surface area contributed by atoms with E-state index < -0.39 is 0 Å². The predicted octanol–water partition coefficient (Wildman–Crippen LogP) is 6.43. The third kappa shape index (κ3) is 8.53. The number of nitrogens with one attached hydrogen (secondary N) is 2. The van der Waals surface area contributed by atoms with Gasteiger partial charge in [0.25, 0.3) is 5.91 Å². The number of hydrogen-bond donors (Lipinski definition) is 2.